The summed E-state index contributed by atoms with van der Waals surface area (Å²) in [6, 6.07) is 7.10. The van der Waals surface area contributed by atoms with Gasteiger partial charge in [-0.2, -0.15) is 0 Å². The molecule has 16 heavy (non-hydrogen) atoms. The average Bonchev–Trinajstić information content (AvgIpc) is 2.34. The van der Waals surface area contributed by atoms with Crippen LogP contribution in [0.4, 0.5) is 0 Å². The van der Waals surface area contributed by atoms with Crippen molar-refractivity contribution < 1.29 is 14.3 Å². The first-order chi connectivity index (χ1) is 7.86. The summed E-state index contributed by atoms with van der Waals surface area (Å²) in [5.41, 5.74) is 1.53. The van der Waals surface area contributed by atoms with Crippen molar-refractivity contribution in [1.29, 1.82) is 0 Å². The van der Waals surface area contributed by atoms with E-state index >= 15 is 0 Å². The summed E-state index contributed by atoms with van der Waals surface area (Å²) >= 11 is 0. The SMILES string of the molecule is COCCOCC#Cc1ccc(C=O)cc1. The number of carbonyl (C=O) groups excluding carboxylic acids is 1. The van der Waals surface area contributed by atoms with Crippen LogP contribution in [0.5, 0.6) is 0 Å². The monoisotopic (exact) mass is 218 g/mol. The lowest BCUT2D eigenvalue weighted by atomic mass is 10.1. The number of hydrogen-bond acceptors (Lipinski definition) is 3. The maximum absolute atomic E-state index is 10.4. The van der Waals surface area contributed by atoms with E-state index in [-0.39, 0.29) is 0 Å². The predicted molar refractivity (Wildman–Crippen MR) is 61.4 cm³/mol. The van der Waals surface area contributed by atoms with Crippen LogP contribution in [0.1, 0.15) is 15.9 Å². The summed E-state index contributed by atoms with van der Waals surface area (Å²) < 4.78 is 10.0. The van der Waals surface area contributed by atoms with E-state index in [4.69, 9.17) is 9.47 Å². The maximum atomic E-state index is 10.4. The molecule has 0 radical (unpaired) electrons. The van der Waals surface area contributed by atoms with Crippen LogP contribution in [-0.4, -0.2) is 33.2 Å². The molecule has 0 aromatic heterocycles. The first-order valence-corrected chi connectivity index (χ1v) is 4.97. The van der Waals surface area contributed by atoms with Crippen LogP contribution in [-0.2, 0) is 9.47 Å². The molecule has 0 saturated carbocycles. The standard InChI is InChI=1S/C13H14O3/c1-15-9-10-16-8-2-3-12-4-6-13(11-14)7-5-12/h4-7,11H,8-10H2,1H3. The Labute approximate surface area is 95.4 Å². The highest BCUT2D eigenvalue weighted by Gasteiger charge is 1.89. The van der Waals surface area contributed by atoms with Gasteiger partial charge >= 0.3 is 0 Å². The van der Waals surface area contributed by atoms with E-state index in [0.717, 1.165) is 11.8 Å². The molecular formula is C13H14O3. The van der Waals surface area contributed by atoms with E-state index in [1.54, 1.807) is 19.2 Å². The Hall–Kier alpha value is -1.63. The van der Waals surface area contributed by atoms with Gasteiger partial charge in [-0.3, -0.25) is 4.79 Å². The van der Waals surface area contributed by atoms with Gasteiger partial charge < -0.3 is 9.47 Å². The quantitative estimate of drug-likeness (QED) is 0.427. The molecule has 1 aromatic rings. The number of aldehydes is 1. The van der Waals surface area contributed by atoms with Gasteiger partial charge in [0.15, 0.2) is 0 Å². The number of rotatable bonds is 5. The molecule has 0 aliphatic rings. The third kappa shape index (κ3) is 4.74. The molecule has 0 atom stereocenters. The fraction of sp³-hybridized carbons (Fsp3) is 0.308. The molecule has 0 aliphatic heterocycles. The maximum Gasteiger partial charge on any atom is 0.150 e. The second-order valence-corrected chi connectivity index (χ2v) is 3.09. The minimum atomic E-state index is 0.388. The molecule has 0 bridgehead atoms. The molecule has 1 aromatic carbocycles. The number of methoxy groups -OCH3 is 1. The van der Waals surface area contributed by atoms with Gasteiger partial charge in [0.25, 0.3) is 0 Å². The second kappa shape index (κ2) is 7.63. The first-order valence-electron chi connectivity index (χ1n) is 4.97. The van der Waals surface area contributed by atoms with Gasteiger partial charge in [0.2, 0.25) is 0 Å². The van der Waals surface area contributed by atoms with Gasteiger partial charge in [-0.1, -0.05) is 24.0 Å². The van der Waals surface area contributed by atoms with Crippen molar-refractivity contribution in [2.24, 2.45) is 0 Å². The molecule has 0 heterocycles. The summed E-state index contributed by atoms with van der Waals surface area (Å²) in [5.74, 6) is 5.82. The van der Waals surface area contributed by atoms with Crippen LogP contribution in [0.2, 0.25) is 0 Å². The Kier molecular flexibility index (Phi) is 5.94. The van der Waals surface area contributed by atoms with Crippen LogP contribution < -0.4 is 0 Å². The summed E-state index contributed by atoms with van der Waals surface area (Å²) in [6.07, 6.45) is 0.811. The predicted octanol–water partition coefficient (Wildman–Crippen LogP) is 1.51. The van der Waals surface area contributed by atoms with E-state index in [2.05, 4.69) is 11.8 Å². The Morgan fingerprint density at radius 1 is 1.25 bits per heavy atom. The van der Waals surface area contributed by atoms with E-state index in [1.807, 2.05) is 12.1 Å². The molecule has 84 valence electrons. The summed E-state index contributed by atoms with van der Waals surface area (Å²) in [7, 11) is 1.63. The lowest BCUT2D eigenvalue weighted by Gasteiger charge is -1.96. The minimum Gasteiger partial charge on any atom is -0.382 e. The highest BCUT2D eigenvalue weighted by atomic mass is 16.5. The van der Waals surface area contributed by atoms with Crippen molar-refractivity contribution in [1.82, 2.24) is 0 Å². The average molecular weight is 218 g/mol. The zero-order valence-electron chi connectivity index (χ0n) is 9.23. The molecule has 3 heteroatoms. The van der Waals surface area contributed by atoms with Crippen LogP contribution in [0.3, 0.4) is 0 Å². The molecular weight excluding hydrogens is 204 g/mol. The van der Waals surface area contributed by atoms with E-state index in [1.165, 1.54) is 0 Å². The van der Waals surface area contributed by atoms with Gasteiger partial charge in [0.1, 0.15) is 12.9 Å². The molecule has 0 aliphatic carbocycles. The minimum absolute atomic E-state index is 0.388. The van der Waals surface area contributed by atoms with Gasteiger partial charge in [-0.25, -0.2) is 0 Å². The lowest BCUT2D eigenvalue weighted by Crippen LogP contribution is -2.01. The molecule has 0 N–H and O–H groups in total. The largest absolute Gasteiger partial charge is 0.382 e. The number of hydrogen-bond donors (Lipinski definition) is 0. The normalized spacial score (nSPS) is 9.31. The molecule has 0 saturated heterocycles. The molecule has 0 fully saturated rings. The third-order valence-electron chi connectivity index (χ3n) is 1.89. The molecule has 1 rings (SSSR count). The first kappa shape index (κ1) is 12.4. The molecule has 0 unspecified atom stereocenters. The van der Waals surface area contributed by atoms with E-state index < -0.39 is 0 Å². The van der Waals surface area contributed by atoms with Gasteiger partial charge in [0, 0.05) is 18.2 Å². The Morgan fingerprint density at radius 3 is 2.62 bits per heavy atom. The van der Waals surface area contributed by atoms with Crippen LogP contribution in [0.25, 0.3) is 0 Å². The second-order valence-electron chi connectivity index (χ2n) is 3.09. The van der Waals surface area contributed by atoms with Crippen molar-refractivity contribution >= 4 is 6.29 Å². The number of carbonyl (C=O) groups is 1. The van der Waals surface area contributed by atoms with Crippen molar-refractivity contribution in [2.45, 2.75) is 0 Å². The Bertz CT molecular complexity index is 370. The summed E-state index contributed by atoms with van der Waals surface area (Å²) in [4.78, 5) is 10.4. The van der Waals surface area contributed by atoms with Gasteiger partial charge in [-0.05, 0) is 12.1 Å². The Balaban J connectivity index is 2.35. The molecule has 3 nitrogen and oxygen atoms in total. The highest BCUT2D eigenvalue weighted by molar-refractivity contribution is 5.74. The Morgan fingerprint density at radius 2 is 2.00 bits per heavy atom. The fourth-order valence-electron chi connectivity index (χ4n) is 1.05. The van der Waals surface area contributed by atoms with E-state index in [0.29, 0.717) is 25.4 Å². The molecule has 0 amide bonds. The van der Waals surface area contributed by atoms with Crippen molar-refractivity contribution in [3.05, 3.63) is 35.4 Å². The smallest absolute Gasteiger partial charge is 0.150 e. The van der Waals surface area contributed by atoms with Crippen molar-refractivity contribution in [2.75, 3.05) is 26.9 Å². The fourth-order valence-corrected chi connectivity index (χ4v) is 1.05. The summed E-state index contributed by atoms with van der Waals surface area (Å²) in [5, 5.41) is 0. The topological polar surface area (TPSA) is 35.5 Å². The zero-order chi connectivity index (χ0) is 11.6. The number of ether oxygens (including phenoxy) is 2. The third-order valence-corrected chi connectivity index (χ3v) is 1.89. The van der Waals surface area contributed by atoms with Gasteiger partial charge in [-0.15, -0.1) is 0 Å². The highest BCUT2D eigenvalue weighted by Crippen LogP contribution is 2.00. The lowest BCUT2D eigenvalue weighted by molar-refractivity contribution is 0.0877. The van der Waals surface area contributed by atoms with Crippen molar-refractivity contribution in [3.63, 3.8) is 0 Å². The number of benzene rings is 1. The summed E-state index contributed by atoms with van der Waals surface area (Å²) in [6.45, 7) is 1.52. The molecule has 0 spiro atoms. The van der Waals surface area contributed by atoms with Crippen molar-refractivity contribution in [3.8, 4) is 11.8 Å². The van der Waals surface area contributed by atoms with E-state index in [9.17, 15) is 4.79 Å². The van der Waals surface area contributed by atoms with Crippen LogP contribution >= 0.6 is 0 Å². The van der Waals surface area contributed by atoms with Gasteiger partial charge in [0.05, 0.1) is 13.2 Å². The van der Waals surface area contributed by atoms with Crippen LogP contribution in [0, 0.1) is 11.8 Å². The van der Waals surface area contributed by atoms with Crippen LogP contribution in [0.15, 0.2) is 24.3 Å². The zero-order valence-corrected chi connectivity index (χ0v) is 9.23.